The maximum Gasteiger partial charge on any atom is 0.336 e. The molecule has 0 saturated carbocycles. The highest BCUT2D eigenvalue weighted by Crippen LogP contribution is 2.26. The maximum atomic E-state index is 11.5. The Morgan fingerprint density at radius 3 is 2.47 bits per heavy atom. The molecule has 30 heavy (non-hydrogen) atoms. The highest BCUT2D eigenvalue weighted by atomic mass is 16.4. The van der Waals surface area contributed by atoms with Gasteiger partial charge < -0.3 is 9.67 Å². The zero-order valence-corrected chi connectivity index (χ0v) is 17.5. The van der Waals surface area contributed by atoms with E-state index in [0.717, 1.165) is 57.8 Å². The van der Waals surface area contributed by atoms with Gasteiger partial charge in [-0.3, -0.25) is 0 Å². The molecular formula is C25H25N3O2. The summed E-state index contributed by atoms with van der Waals surface area (Å²) in [7, 11) is 0. The summed E-state index contributed by atoms with van der Waals surface area (Å²) in [5, 5.41) is 9.46. The molecule has 0 aliphatic heterocycles. The fraction of sp³-hybridized carbons (Fsp3) is 0.240. The number of carbonyl (C=O) groups is 1. The molecule has 0 saturated heterocycles. The lowest BCUT2D eigenvalue weighted by atomic mass is 9.99. The Bertz CT molecular complexity index is 1220. The van der Waals surface area contributed by atoms with E-state index in [4.69, 9.17) is 9.97 Å². The number of imidazole rings is 1. The minimum atomic E-state index is -0.916. The van der Waals surface area contributed by atoms with Crippen molar-refractivity contribution < 1.29 is 9.90 Å². The second-order valence-electron chi connectivity index (χ2n) is 7.66. The SMILES string of the molecule is CCCc1nc2c(C)cc(C)nc2n1Cc1ccc(-c2ccccc2C(=O)O)cc1. The van der Waals surface area contributed by atoms with Gasteiger partial charge in [-0.15, -0.1) is 0 Å². The van der Waals surface area contributed by atoms with Crippen LogP contribution in [0.25, 0.3) is 22.3 Å². The molecule has 2 aromatic heterocycles. The zero-order chi connectivity index (χ0) is 21.3. The van der Waals surface area contributed by atoms with Crippen LogP contribution in [-0.2, 0) is 13.0 Å². The van der Waals surface area contributed by atoms with Crippen LogP contribution in [0.2, 0.25) is 0 Å². The van der Waals surface area contributed by atoms with Gasteiger partial charge in [0.1, 0.15) is 11.3 Å². The van der Waals surface area contributed by atoms with E-state index >= 15 is 0 Å². The van der Waals surface area contributed by atoms with Crippen molar-refractivity contribution in [1.82, 2.24) is 14.5 Å². The number of rotatable bonds is 6. The minimum absolute atomic E-state index is 0.311. The first-order valence-corrected chi connectivity index (χ1v) is 10.2. The molecule has 4 rings (SSSR count). The van der Waals surface area contributed by atoms with E-state index in [1.54, 1.807) is 12.1 Å². The van der Waals surface area contributed by atoms with Gasteiger partial charge in [0.25, 0.3) is 0 Å². The van der Waals surface area contributed by atoms with E-state index in [-0.39, 0.29) is 0 Å². The molecule has 0 atom stereocenters. The Kier molecular flexibility index (Phi) is 5.36. The van der Waals surface area contributed by atoms with Crippen LogP contribution in [0.4, 0.5) is 0 Å². The third-order valence-electron chi connectivity index (χ3n) is 5.34. The molecule has 5 nitrogen and oxygen atoms in total. The normalized spacial score (nSPS) is 11.2. The quantitative estimate of drug-likeness (QED) is 0.470. The number of benzene rings is 2. The molecule has 0 unspecified atom stereocenters. The number of aromatic carboxylic acids is 1. The molecule has 2 aromatic carbocycles. The Hall–Kier alpha value is -3.47. The van der Waals surface area contributed by atoms with E-state index < -0.39 is 5.97 Å². The highest BCUT2D eigenvalue weighted by molar-refractivity contribution is 5.96. The van der Waals surface area contributed by atoms with Crippen LogP contribution in [0, 0.1) is 13.8 Å². The largest absolute Gasteiger partial charge is 0.478 e. The lowest BCUT2D eigenvalue weighted by molar-refractivity contribution is 0.0697. The number of carboxylic acid groups (broad SMARTS) is 1. The second kappa shape index (κ2) is 8.11. The molecule has 0 radical (unpaired) electrons. The maximum absolute atomic E-state index is 11.5. The van der Waals surface area contributed by atoms with Gasteiger partial charge in [0.05, 0.1) is 12.1 Å². The molecule has 1 N–H and O–H groups in total. The van der Waals surface area contributed by atoms with Gasteiger partial charge in [-0.1, -0.05) is 49.4 Å². The predicted molar refractivity (Wildman–Crippen MR) is 119 cm³/mol. The number of aryl methyl sites for hydroxylation is 3. The average Bonchev–Trinajstić information content (AvgIpc) is 3.06. The third-order valence-corrected chi connectivity index (χ3v) is 5.34. The van der Waals surface area contributed by atoms with Crippen LogP contribution in [0.3, 0.4) is 0 Å². The van der Waals surface area contributed by atoms with Crippen LogP contribution in [0.5, 0.6) is 0 Å². The Morgan fingerprint density at radius 2 is 1.77 bits per heavy atom. The van der Waals surface area contributed by atoms with E-state index in [9.17, 15) is 9.90 Å². The van der Waals surface area contributed by atoms with Crippen molar-refractivity contribution in [3.05, 3.63) is 82.8 Å². The molecule has 0 bridgehead atoms. The number of hydrogen-bond acceptors (Lipinski definition) is 3. The molecule has 152 valence electrons. The number of fused-ring (bicyclic) bond motifs is 1. The van der Waals surface area contributed by atoms with Crippen LogP contribution >= 0.6 is 0 Å². The molecule has 4 aromatic rings. The zero-order valence-electron chi connectivity index (χ0n) is 17.5. The number of carboxylic acids is 1. The van der Waals surface area contributed by atoms with Crippen LogP contribution in [0.1, 0.15) is 46.3 Å². The first-order valence-electron chi connectivity index (χ1n) is 10.2. The van der Waals surface area contributed by atoms with E-state index in [1.807, 2.05) is 31.2 Å². The van der Waals surface area contributed by atoms with Gasteiger partial charge in [-0.25, -0.2) is 14.8 Å². The topological polar surface area (TPSA) is 68.0 Å². The van der Waals surface area contributed by atoms with Crippen molar-refractivity contribution >= 4 is 17.1 Å². The summed E-state index contributed by atoms with van der Waals surface area (Å²) in [6.45, 7) is 6.93. The van der Waals surface area contributed by atoms with Crippen molar-refractivity contribution in [2.75, 3.05) is 0 Å². The Morgan fingerprint density at radius 1 is 1.03 bits per heavy atom. The standard InChI is InChI=1S/C25H25N3O2/c1-4-7-22-27-23-16(2)14-17(3)26-24(23)28(22)15-18-10-12-19(13-11-18)20-8-5-6-9-21(20)25(29)30/h5-6,8-14H,4,7,15H2,1-3H3,(H,29,30). The van der Waals surface area contributed by atoms with Crippen molar-refractivity contribution in [2.45, 2.75) is 40.2 Å². The van der Waals surface area contributed by atoms with Crippen molar-refractivity contribution in [2.24, 2.45) is 0 Å². The van der Waals surface area contributed by atoms with Gasteiger partial charge in [0.2, 0.25) is 0 Å². The van der Waals surface area contributed by atoms with E-state index in [0.29, 0.717) is 12.1 Å². The summed E-state index contributed by atoms with van der Waals surface area (Å²) in [4.78, 5) is 21.2. The first kappa shape index (κ1) is 19.8. The van der Waals surface area contributed by atoms with Gasteiger partial charge in [0, 0.05) is 12.1 Å². The predicted octanol–water partition coefficient (Wildman–Crippen LogP) is 5.41. The third kappa shape index (κ3) is 3.71. The van der Waals surface area contributed by atoms with E-state index in [2.05, 4.69) is 36.6 Å². The highest BCUT2D eigenvalue weighted by Gasteiger charge is 2.15. The van der Waals surface area contributed by atoms with Crippen LogP contribution in [-0.4, -0.2) is 25.6 Å². The van der Waals surface area contributed by atoms with Gasteiger partial charge >= 0.3 is 5.97 Å². The molecule has 5 heteroatoms. The summed E-state index contributed by atoms with van der Waals surface area (Å²) >= 11 is 0. The lowest BCUT2D eigenvalue weighted by Crippen LogP contribution is -2.06. The Labute approximate surface area is 176 Å². The Balaban J connectivity index is 1.71. The van der Waals surface area contributed by atoms with E-state index in [1.165, 1.54) is 0 Å². The number of nitrogens with zero attached hydrogens (tertiary/aromatic N) is 3. The smallest absolute Gasteiger partial charge is 0.336 e. The molecule has 0 spiro atoms. The lowest BCUT2D eigenvalue weighted by Gasteiger charge is -2.11. The molecule has 2 heterocycles. The van der Waals surface area contributed by atoms with Gasteiger partial charge in [0.15, 0.2) is 5.65 Å². The molecule has 0 aliphatic rings. The average molecular weight is 399 g/mol. The summed E-state index contributed by atoms with van der Waals surface area (Å²) in [5.74, 6) is 0.134. The summed E-state index contributed by atoms with van der Waals surface area (Å²) in [6, 6.07) is 17.2. The fourth-order valence-corrected chi connectivity index (χ4v) is 3.92. The fourth-order valence-electron chi connectivity index (χ4n) is 3.92. The van der Waals surface area contributed by atoms with Gasteiger partial charge in [-0.2, -0.15) is 0 Å². The number of aromatic nitrogens is 3. The first-order chi connectivity index (χ1) is 14.5. The second-order valence-corrected chi connectivity index (χ2v) is 7.66. The number of hydrogen-bond donors (Lipinski definition) is 1. The van der Waals surface area contributed by atoms with Crippen LogP contribution in [0.15, 0.2) is 54.6 Å². The molecular weight excluding hydrogens is 374 g/mol. The van der Waals surface area contributed by atoms with Crippen molar-refractivity contribution in [1.29, 1.82) is 0 Å². The summed E-state index contributed by atoms with van der Waals surface area (Å²) in [5.41, 5.74) is 7.09. The molecule has 0 amide bonds. The van der Waals surface area contributed by atoms with Crippen molar-refractivity contribution in [3.8, 4) is 11.1 Å². The summed E-state index contributed by atoms with van der Waals surface area (Å²) in [6.07, 6.45) is 1.92. The number of pyridine rings is 1. The van der Waals surface area contributed by atoms with Crippen molar-refractivity contribution in [3.63, 3.8) is 0 Å². The molecule has 0 aliphatic carbocycles. The van der Waals surface area contributed by atoms with Crippen LogP contribution < -0.4 is 0 Å². The monoisotopic (exact) mass is 399 g/mol. The molecule has 0 fully saturated rings. The minimum Gasteiger partial charge on any atom is -0.478 e. The van der Waals surface area contributed by atoms with Gasteiger partial charge in [-0.05, 0) is 54.7 Å². The summed E-state index contributed by atoms with van der Waals surface area (Å²) < 4.78 is 2.21.